The highest BCUT2D eigenvalue weighted by Crippen LogP contribution is 2.24. The molecule has 1 fully saturated rings. The first-order valence-corrected chi connectivity index (χ1v) is 7.44. The average molecular weight is 262 g/mol. The number of likely N-dealkylation sites (N-methyl/N-ethyl adjacent to an activating group) is 1. The van der Waals surface area contributed by atoms with Crippen LogP contribution in [-0.4, -0.2) is 35.6 Å². The summed E-state index contributed by atoms with van der Waals surface area (Å²) in [7, 11) is 0. The Labute approximate surface area is 116 Å². The first-order chi connectivity index (χ1) is 9.11. The van der Waals surface area contributed by atoms with Gasteiger partial charge in [0.05, 0.1) is 0 Å². The lowest BCUT2D eigenvalue weighted by atomic mass is 10.1. The first-order valence-electron chi connectivity index (χ1n) is 7.44. The lowest BCUT2D eigenvalue weighted by Gasteiger charge is -2.25. The summed E-state index contributed by atoms with van der Waals surface area (Å²) in [6, 6.07) is 2.64. The molecule has 1 atom stereocenters. The zero-order valence-corrected chi connectivity index (χ0v) is 12.6. The number of aryl methyl sites for hydroxylation is 1. The molecule has 1 aliphatic rings. The van der Waals surface area contributed by atoms with Crippen LogP contribution >= 0.6 is 0 Å². The van der Waals surface area contributed by atoms with Gasteiger partial charge in [0.15, 0.2) is 0 Å². The monoisotopic (exact) mass is 262 g/mol. The Balaban J connectivity index is 2.20. The van der Waals surface area contributed by atoms with Gasteiger partial charge in [-0.05, 0) is 38.3 Å². The van der Waals surface area contributed by atoms with Crippen LogP contribution in [0.15, 0.2) is 6.07 Å². The summed E-state index contributed by atoms with van der Waals surface area (Å²) in [5.74, 6) is 1.37. The second-order valence-electron chi connectivity index (χ2n) is 5.69. The van der Waals surface area contributed by atoms with Crippen molar-refractivity contribution in [3.63, 3.8) is 0 Å². The van der Waals surface area contributed by atoms with Crippen molar-refractivity contribution in [1.82, 2.24) is 15.3 Å². The van der Waals surface area contributed by atoms with Gasteiger partial charge < -0.3 is 10.2 Å². The first kappa shape index (κ1) is 14.3. The molecule has 1 aliphatic heterocycles. The van der Waals surface area contributed by atoms with Gasteiger partial charge in [0.2, 0.25) is 5.95 Å². The van der Waals surface area contributed by atoms with Gasteiger partial charge in [-0.15, -0.1) is 0 Å². The van der Waals surface area contributed by atoms with Crippen molar-refractivity contribution < 1.29 is 0 Å². The maximum atomic E-state index is 4.76. The van der Waals surface area contributed by atoms with E-state index in [1.165, 1.54) is 12.8 Å². The van der Waals surface area contributed by atoms with Crippen molar-refractivity contribution in [2.24, 2.45) is 0 Å². The molecule has 106 valence electrons. The fourth-order valence-electron chi connectivity index (χ4n) is 2.62. The minimum atomic E-state index is 0.454. The number of hydrogen-bond donors (Lipinski definition) is 1. The topological polar surface area (TPSA) is 41.0 Å². The number of aromatic nitrogens is 2. The minimum Gasteiger partial charge on any atom is -0.337 e. The van der Waals surface area contributed by atoms with Crippen LogP contribution in [0.3, 0.4) is 0 Å². The van der Waals surface area contributed by atoms with Gasteiger partial charge in [-0.1, -0.05) is 20.8 Å². The quantitative estimate of drug-likeness (QED) is 0.885. The number of nitrogens with zero attached hydrogens (tertiary/aromatic N) is 3. The van der Waals surface area contributed by atoms with E-state index in [9.17, 15) is 0 Å². The highest BCUT2D eigenvalue weighted by Gasteiger charge is 2.26. The standard InChI is InChI=1S/C15H26N4/c1-5-16-10-13-7-6-8-19(13)15-17-12(4)9-14(18-15)11(2)3/h9,11,13,16H,5-8,10H2,1-4H3. The molecule has 1 unspecified atom stereocenters. The molecule has 4 nitrogen and oxygen atoms in total. The van der Waals surface area contributed by atoms with E-state index in [-0.39, 0.29) is 0 Å². The lowest BCUT2D eigenvalue weighted by molar-refractivity contribution is 0.579. The van der Waals surface area contributed by atoms with E-state index in [0.29, 0.717) is 12.0 Å². The summed E-state index contributed by atoms with van der Waals surface area (Å²) in [5.41, 5.74) is 2.22. The molecule has 0 amide bonds. The van der Waals surface area contributed by atoms with Gasteiger partial charge in [0.25, 0.3) is 0 Å². The van der Waals surface area contributed by atoms with Crippen molar-refractivity contribution in [2.75, 3.05) is 24.5 Å². The molecule has 0 aromatic carbocycles. The van der Waals surface area contributed by atoms with Crippen LogP contribution in [0.4, 0.5) is 5.95 Å². The Morgan fingerprint density at radius 3 is 2.89 bits per heavy atom. The van der Waals surface area contributed by atoms with E-state index < -0.39 is 0 Å². The lowest BCUT2D eigenvalue weighted by Crippen LogP contribution is -2.39. The zero-order valence-electron chi connectivity index (χ0n) is 12.6. The Kier molecular flexibility index (Phi) is 4.75. The van der Waals surface area contributed by atoms with E-state index in [1.54, 1.807) is 0 Å². The molecule has 0 saturated carbocycles. The van der Waals surface area contributed by atoms with Crippen molar-refractivity contribution >= 4 is 5.95 Å². The molecule has 4 heteroatoms. The van der Waals surface area contributed by atoms with Crippen LogP contribution in [0.2, 0.25) is 0 Å². The third-order valence-electron chi connectivity index (χ3n) is 3.72. The van der Waals surface area contributed by atoms with E-state index in [0.717, 1.165) is 37.0 Å². The largest absolute Gasteiger partial charge is 0.337 e. The van der Waals surface area contributed by atoms with Gasteiger partial charge in [0, 0.05) is 30.5 Å². The average Bonchev–Trinajstić information content (AvgIpc) is 2.83. The van der Waals surface area contributed by atoms with Gasteiger partial charge >= 0.3 is 0 Å². The number of rotatable bonds is 5. The van der Waals surface area contributed by atoms with Crippen molar-refractivity contribution in [1.29, 1.82) is 0 Å². The molecule has 1 aromatic heterocycles. The SMILES string of the molecule is CCNCC1CCCN1c1nc(C)cc(C(C)C)n1. The highest BCUT2D eigenvalue weighted by molar-refractivity contribution is 5.36. The predicted octanol–water partition coefficient (Wildman–Crippen LogP) is 2.49. The summed E-state index contributed by atoms with van der Waals surface area (Å²) < 4.78 is 0. The Morgan fingerprint density at radius 1 is 1.42 bits per heavy atom. The summed E-state index contributed by atoms with van der Waals surface area (Å²) >= 11 is 0. The van der Waals surface area contributed by atoms with Gasteiger partial charge in [-0.2, -0.15) is 0 Å². The third kappa shape index (κ3) is 3.44. The number of nitrogens with one attached hydrogen (secondary N) is 1. The van der Waals surface area contributed by atoms with E-state index in [2.05, 4.69) is 49.0 Å². The Hall–Kier alpha value is -1.16. The molecule has 0 aliphatic carbocycles. The molecule has 19 heavy (non-hydrogen) atoms. The summed E-state index contributed by atoms with van der Waals surface area (Å²) in [6.07, 6.45) is 2.48. The maximum absolute atomic E-state index is 4.76. The Bertz CT molecular complexity index is 417. The summed E-state index contributed by atoms with van der Waals surface area (Å²) in [5, 5.41) is 3.44. The minimum absolute atomic E-state index is 0.454. The maximum Gasteiger partial charge on any atom is 0.226 e. The molecule has 1 N–H and O–H groups in total. The van der Waals surface area contributed by atoms with Crippen LogP contribution in [-0.2, 0) is 0 Å². The molecule has 2 rings (SSSR count). The van der Waals surface area contributed by atoms with Gasteiger partial charge in [0.1, 0.15) is 0 Å². The fourth-order valence-corrected chi connectivity index (χ4v) is 2.62. The number of anilines is 1. The van der Waals surface area contributed by atoms with Crippen molar-refractivity contribution in [2.45, 2.75) is 52.5 Å². The molecular formula is C15H26N4. The van der Waals surface area contributed by atoms with Gasteiger partial charge in [-0.25, -0.2) is 9.97 Å². The summed E-state index contributed by atoms with van der Waals surface area (Å²) in [4.78, 5) is 11.8. The molecule has 0 bridgehead atoms. The molecule has 0 spiro atoms. The van der Waals surface area contributed by atoms with Crippen LogP contribution < -0.4 is 10.2 Å². The van der Waals surface area contributed by atoms with Crippen LogP contribution in [0.25, 0.3) is 0 Å². The molecule has 1 saturated heterocycles. The zero-order chi connectivity index (χ0) is 13.8. The predicted molar refractivity (Wildman–Crippen MR) is 79.8 cm³/mol. The van der Waals surface area contributed by atoms with E-state index >= 15 is 0 Å². The van der Waals surface area contributed by atoms with Crippen LogP contribution in [0.1, 0.15) is 50.9 Å². The van der Waals surface area contributed by atoms with Crippen molar-refractivity contribution in [3.05, 3.63) is 17.5 Å². The number of hydrogen-bond acceptors (Lipinski definition) is 4. The molecule has 2 heterocycles. The smallest absolute Gasteiger partial charge is 0.226 e. The second kappa shape index (κ2) is 6.33. The van der Waals surface area contributed by atoms with Gasteiger partial charge in [-0.3, -0.25) is 0 Å². The molecule has 1 aromatic rings. The van der Waals surface area contributed by atoms with Crippen LogP contribution in [0, 0.1) is 6.92 Å². The highest BCUT2D eigenvalue weighted by atomic mass is 15.3. The van der Waals surface area contributed by atoms with E-state index in [1.807, 2.05) is 0 Å². The van der Waals surface area contributed by atoms with Crippen LogP contribution in [0.5, 0.6) is 0 Å². The third-order valence-corrected chi connectivity index (χ3v) is 3.72. The summed E-state index contributed by atoms with van der Waals surface area (Å²) in [6.45, 7) is 11.7. The second-order valence-corrected chi connectivity index (χ2v) is 5.69. The molecule has 0 radical (unpaired) electrons. The normalized spacial score (nSPS) is 19.4. The fraction of sp³-hybridized carbons (Fsp3) is 0.733. The van der Waals surface area contributed by atoms with E-state index in [4.69, 9.17) is 4.98 Å². The Morgan fingerprint density at radius 2 is 2.21 bits per heavy atom. The van der Waals surface area contributed by atoms with Crippen molar-refractivity contribution in [3.8, 4) is 0 Å². The molecular weight excluding hydrogens is 236 g/mol.